The Balaban J connectivity index is 3.07. The summed E-state index contributed by atoms with van der Waals surface area (Å²) in [5, 5.41) is 0. The third-order valence-electron chi connectivity index (χ3n) is 2.75. The number of halogens is 4. The first kappa shape index (κ1) is 16.7. The zero-order valence-corrected chi connectivity index (χ0v) is 11.6. The Labute approximate surface area is 114 Å². The van der Waals surface area contributed by atoms with Gasteiger partial charge in [0, 0.05) is 5.69 Å². The van der Waals surface area contributed by atoms with E-state index in [9.17, 15) is 26.0 Å². The Morgan fingerprint density at radius 1 is 1.30 bits per heavy atom. The molecule has 0 bridgehead atoms. The lowest BCUT2D eigenvalue weighted by Crippen LogP contribution is -2.41. The van der Waals surface area contributed by atoms with Crippen LogP contribution >= 0.6 is 0 Å². The van der Waals surface area contributed by atoms with Crippen LogP contribution < -0.4 is 10.5 Å². The minimum absolute atomic E-state index is 0.133. The number of alkyl halides is 4. The number of sulfonamides is 1. The van der Waals surface area contributed by atoms with E-state index in [-0.39, 0.29) is 10.6 Å². The average molecular weight is 314 g/mol. The molecule has 0 amide bonds. The maximum Gasteiger partial charge on any atom is 0.320 e. The van der Waals surface area contributed by atoms with E-state index < -0.39 is 28.9 Å². The van der Waals surface area contributed by atoms with Gasteiger partial charge >= 0.3 is 12.3 Å². The van der Waals surface area contributed by atoms with Crippen molar-refractivity contribution in [2.24, 2.45) is 0 Å². The summed E-state index contributed by atoms with van der Waals surface area (Å²) in [4.78, 5) is -0.305. The molecule has 0 radical (unpaired) electrons. The van der Waals surface area contributed by atoms with Crippen LogP contribution in [0.2, 0.25) is 0 Å². The third-order valence-corrected chi connectivity index (χ3v) is 4.28. The summed E-state index contributed by atoms with van der Waals surface area (Å²) < 4.78 is 74.7. The number of hydrogen-bond acceptors (Lipinski definition) is 3. The van der Waals surface area contributed by atoms with Crippen molar-refractivity contribution >= 4 is 15.7 Å². The van der Waals surface area contributed by atoms with Gasteiger partial charge in [0.25, 0.3) is 0 Å². The Bertz CT molecular complexity index is 603. The molecule has 0 atom stereocenters. The summed E-state index contributed by atoms with van der Waals surface area (Å²) in [7, 11) is -4.35. The van der Waals surface area contributed by atoms with E-state index in [1.165, 1.54) is 17.7 Å². The number of anilines is 1. The monoisotopic (exact) mass is 314 g/mol. The molecule has 9 heteroatoms. The van der Waals surface area contributed by atoms with Gasteiger partial charge in [-0.15, -0.1) is 0 Å². The minimum atomic E-state index is -4.43. The summed E-state index contributed by atoms with van der Waals surface area (Å²) in [6.45, 7) is 1.38. The van der Waals surface area contributed by atoms with Crippen LogP contribution in [-0.2, 0) is 10.0 Å². The Morgan fingerprint density at radius 3 is 2.35 bits per heavy atom. The highest BCUT2D eigenvalue weighted by atomic mass is 32.2. The summed E-state index contributed by atoms with van der Waals surface area (Å²) in [5.74, 6) is -4.43. The molecule has 3 N–H and O–H groups in total. The summed E-state index contributed by atoms with van der Waals surface area (Å²) in [6.07, 6.45) is -3.95. The molecule has 0 unspecified atom stereocenters. The van der Waals surface area contributed by atoms with Gasteiger partial charge in [-0.3, -0.25) is 0 Å². The molecule has 0 aromatic heterocycles. The van der Waals surface area contributed by atoms with Crippen LogP contribution in [0.4, 0.5) is 23.2 Å². The Kier molecular flexibility index (Phi) is 4.65. The molecule has 0 aliphatic rings. The second-order valence-electron chi connectivity index (χ2n) is 4.35. The van der Waals surface area contributed by atoms with E-state index in [0.29, 0.717) is 11.1 Å². The van der Waals surface area contributed by atoms with Crippen molar-refractivity contribution in [1.29, 1.82) is 0 Å². The first-order valence-corrected chi connectivity index (χ1v) is 6.98. The van der Waals surface area contributed by atoms with Crippen molar-refractivity contribution in [3.8, 4) is 0 Å². The molecule has 0 aliphatic carbocycles. The van der Waals surface area contributed by atoms with Gasteiger partial charge in [0.2, 0.25) is 10.0 Å². The second kappa shape index (κ2) is 5.57. The molecule has 0 aliphatic heterocycles. The number of nitrogen functional groups attached to an aromatic ring is 1. The quantitative estimate of drug-likeness (QED) is 0.645. The highest BCUT2D eigenvalue weighted by Gasteiger charge is 2.41. The zero-order chi connectivity index (χ0) is 15.7. The molecule has 4 nitrogen and oxygen atoms in total. The van der Waals surface area contributed by atoms with Crippen molar-refractivity contribution in [3.63, 3.8) is 0 Å². The van der Waals surface area contributed by atoms with E-state index in [4.69, 9.17) is 5.73 Å². The van der Waals surface area contributed by atoms with E-state index in [0.717, 1.165) is 6.07 Å². The van der Waals surface area contributed by atoms with Crippen LogP contribution in [0.3, 0.4) is 0 Å². The maximum atomic E-state index is 12.7. The molecule has 0 saturated heterocycles. The first-order valence-electron chi connectivity index (χ1n) is 5.50. The van der Waals surface area contributed by atoms with Crippen LogP contribution in [0.5, 0.6) is 0 Å². The van der Waals surface area contributed by atoms with Crippen molar-refractivity contribution in [2.45, 2.75) is 31.1 Å². The maximum absolute atomic E-state index is 12.7. The fraction of sp³-hybridized carbons (Fsp3) is 0.455. The van der Waals surface area contributed by atoms with Gasteiger partial charge in [0.1, 0.15) is 0 Å². The fourth-order valence-corrected chi connectivity index (χ4v) is 2.87. The normalized spacial score (nSPS) is 12.9. The molecule has 0 fully saturated rings. The molecule has 1 rings (SSSR count). The lowest BCUT2D eigenvalue weighted by molar-refractivity contribution is -0.122. The molecule has 20 heavy (non-hydrogen) atoms. The minimum Gasteiger partial charge on any atom is -0.399 e. The van der Waals surface area contributed by atoms with Crippen molar-refractivity contribution < 1.29 is 26.0 Å². The number of rotatable bonds is 5. The van der Waals surface area contributed by atoms with Gasteiger partial charge in [-0.2, -0.15) is 8.78 Å². The Morgan fingerprint density at radius 2 is 1.85 bits per heavy atom. The zero-order valence-electron chi connectivity index (χ0n) is 10.8. The van der Waals surface area contributed by atoms with Gasteiger partial charge in [0.05, 0.1) is 11.4 Å². The average Bonchev–Trinajstić information content (AvgIpc) is 2.31. The predicted molar refractivity (Wildman–Crippen MR) is 66.5 cm³/mol. The van der Waals surface area contributed by atoms with E-state index in [1.807, 2.05) is 0 Å². The second-order valence-corrected chi connectivity index (χ2v) is 6.08. The number of nitrogens with one attached hydrogen (secondary N) is 1. The number of benzene rings is 1. The van der Waals surface area contributed by atoms with E-state index >= 15 is 0 Å². The number of hydrogen-bond donors (Lipinski definition) is 2. The topological polar surface area (TPSA) is 72.2 Å². The predicted octanol–water partition coefficient (Wildman–Crippen LogP) is 2.06. The van der Waals surface area contributed by atoms with Crippen LogP contribution in [0.15, 0.2) is 17.0 Å². The van der Waals surface area contributed by atoms with Crippen molar-refractivity contribution in [2.75, 3.05) is 12.3 Å². The molecular formula is C11H14F4N2O2S. The molecule has 1 aromatic carbocycles. The van der Waals surface area contributed by atoms with E-state index in [2.05, 4.69) is 0 Å². The van der Waals surface area contributed by atoms with Crippen molar-refractivity contribution in [1.82, 2.24) is 4.72 Å². The fourth-order valence-electron chi connectivity index (χ4n) is 1.48. The molecular weight excluding hydrogens is 300 g/mol. The Hall–Kier alpha value is -1.35. The summed E-state index contributed by atoms with van der Waals surface area (Å²) in [5.41, 5.74) is 6.49. The lowest BCUT2D eigenvalue weighted by atomic mass is 10.1. The number of aryl methyl sites for hydroxylation is 1. The molecule has 114 valence electrons. The van der Waals surface area contributed by atoms with Crippen LogP contribution in [0, 0.1) is 13.8 Å². The van der Waals surface area contributed by atoms with E-state index in [1.54, 1.807) is 6.92 Å². The molecule has 1 aromatic rings. The summed E-state index contributed by atoms with van der Waals surface area (Å²) >= 11 is 0. The van der Waals surface area contributed by atoms with Crippen LogP contribution in [0.25, 0.3) is 0 Å². The third kappa shape index (κ3) is 3.60. The molecule has 0 spiro atoms. The van der Waals surface area contributed by atoms with Gasteiger partial charge in [0.15, 0.2) is 0 Å². The van der Waals surface area contributed by atoms with Crippen LogP contribution in [0.1, 0.15) is 11.1 Å². The first-order chi connectivity index (χ1) is 8.97. The van der Waals surface area contributed by atoms with Gasteiger partial charge < -0.3 is 5.73 Å². The highest BCUT2D eigenvalue weighted by Crippen LogP contribution is 2.25. The van der Waals surface area contributed by atoms with Gasteiger partial charge in [-0.1, -0.05) is 0 Å². The van der Waals surface area contributed by atoms with Gasteiger partial charge in [-0.05, 0) is 37.1 Å². The molecule has 0 heterocycles. The SMILES string of the molecule is Cc1cc(N)cc(S(=O)(=O)NCC(F)(F)C(F)F)c1C. The van der Waals surface area contributed by atoms with Crippen molar-refractivity contribution in [3.05, 3.63) is 23.3 Å². The largest absolute Gasteiger partial charge is 0.399 e. The lowest BCUT2D eigenvalue weighted by Gasteiger charge is -2.17. The molecule has 0 saturated carbocycles. The smallest absolute Gasteiger partial charge is 0.320 e. The summed E-state index contributed by atoms with van der Waals surface area (Å²) in [6, 6.07) is 2.60. The highest BCUT2D eigenvalue weighted by molar-refractivity contribution is 7.89. The van der Waals surface area contributed by atoms with Crippen LogP contribution in [-0.4, -0.2) is 27.3 Å². The van der Waals surface area contributed by atoms with Gasteiger partial charge in [-0.25, -0.2) is 21.9 Å². The standard InChI is InChI=1S/C11H14F4N2O2S/c1-6-3-8(16)4-9(7(6)2)20(18,19)17-5-11(14,15)10(12)13/h3-4,10,17H,5,16H2,1-2H3. The number of nitrogens with two attached hydrogens (primary N) is 1.